The number of nitrogens with zero attached hydrogens (tertiary/aromatic N) is 3. The second-order valence-electron chi connectivity index (χ2n) is 6.52. The van der Waals surface area contributed by atoms with Crippen molar-refractivity contribution in [3.8, 4) is 11.4 Å². The van der Waals surface area contributed by atoms with Gasteiger partial charge in [0, 0.05) is 23.8 Å². The van der Waals surface area contributed by atoms with Crippen LogP contribution in [0.15, 0.2) is 59.5 Å². The fourth-order valence-corrected chi connectivity index (χ4v) is 3.41. The van der Waals surface area contributed by atoms with Crippen molar-refractivity contribution in [2.45, 2.75) is 6.92 Å². The lowest BCUT2D eigenvalue weighted by Crippen LogP contribution is -2.20. The number of hydrogen-bond acceptors (Lipinski definition) is 4. The van der Waals surface area contributed by atoms with Gasteiger partial charge in [-0.05, 0) is 55.0 Å². The molecule has 0 radical (unpaired) electrons. The standard InChI is InChI=1S/C21H19ClN4O2/c1-13-10-14(22)4-9-17(13)24-20-11-18-19(12-23-20)25(2)21(27)26(18)15-5-7-16(28-3)8-6-15/h4-12H,1-3H3,(H,23,24). The van der Waals surface area contributed by atoms with Crippen LogP contribution < -0.4 is 15.7 Å². The zero-order valence-corrected chi connectivity index (χ0v) is 16.5. The SMILES string of the molecule is COc1ccc(-n2c(=O)n(C)c3cnc(Nc4ccc(Cl)cc4C)cc32)cc1. The fraction of sp³-hybridized carbons (Fsp3) is 0.143. The summed E-state index contributed by atoms with van der Waals surface area (Å²) in [5, 5.41) is 3.99. The smallest absolute Gasteiger partial charge is 0.333 e. The molecule has 0 spiro atoms. The van der Waals surface area contributed by atoms with E-state index in [1.807, 2.05) is 55.5 Å². The van der Waals surface area contributed by atoms with Crippen molar-refractivity contribution >= 4 is 34.1 Å². The number of methoxy groups -OCH3 is 1. The number of ether oxygens (including phenoxy) is 1. The number of imidazole rings is 1. The predicted molar refractivity (Wildman–Crippen MR) is 112 cm³/mol. The molecule has 6 nitrogen and oxygen atoms in total. The second kappa shape index (κ2) is 7.05. The molecule has 2 aromatic heterocycles. The highest BCUT2D eigenvalue weighted by molar-refractivity contribution is 6.30. The minimum atomic E-state index is -0.137. The molecule has 28 heavy (non-hydrogen) atoms. The maximum atomic E-state index is 12.8. The van der Waals surface area contributed by atoms with Crippen LogP contribution in [0.4, 0.5) is 11.5 Å². The third-order valence-electron chi connectivity index (χ3n) is 4.72. The minimum Gasteiger partial charge on any atom is -0.497 e. The number of hydrogen-bond donors (Lipinski definition) is 1. The summed E-state index contributed by atoms with van der Waals surface area (Å²) in [5.74, 6) is 1.38. The van der Waals surface area contributed by atoms with Crippen molar-refractivity contribution < 1.29 is 4.74 Å². The van der Waals surface area contributed by atoms with Crippen LogP contribution in [-0.2, 0) is 7.05 Å². The van der Waals surface area contributed by atoms with E-state index in [1.54, 1.807) is 29.5 Å². The monoisotopic (exact) mass is 394 g/mol. The van der Waals surface area contributed by atoms with Crippen LogP contribution in [0.2, 0.25) is 5.02 Å². The molecular weight excluding hydrogens is 376 g/mol. The summed E-state index contributed by atoms with van der Waals surface area (Å²) >= 11 is 6.04. The highest BCUT2D eigenvalue weighted by Gasteiger charge is 2.14. The van der Waals surface area contributed by atoms with Crippen molar-refractivity contribution in [1.29, 1.82) is 0 Å². The number of fused-ring (bicyclic) bond motifs is 1. The van der Waals surface area contributed by atoms with Crippen molar-refractivity contribution in [2.24, 2.45) is 7.05 Å². The molecule has 0 saturated heterocycles. The van der Waals surface area contributed by atoms with E-state index in [4.69, 9.17) is 16.3 Å². The first-order chi connectivity index (χ1) is 13.5. The molecule has 0 unspecified atom stereocenters. The molecule has 2 heterocycles. The Morgan fingerprint density at radius 1 is 1.07 bits per heavy atom. The van der Waals surface area contributed by atoms with Gasteiger partial charge in [-0.25, -0.2) is 9.78 Å². The van der Waals surface area contributed by atoms with E-state index in [2.05, 4.69) is 10.3 Å². The Kier molecular flexibility index (Phi) is 4.57. The quantitative estimate of drug-likeness (QED) is 0.556. The van der Waals surface area contributed by atoms with Gasteiger partial charge in [-0.2, -0.15) is 0 Å². The van der Waals surface area contributed by atoms with Crippen LogP contribution in [0, 0.1) is 6.92 Å². The van der Waals surface area contributed by atoms with E-state index in [0.29, 0.717) is 10.8 Å². The van der Waals surface area contributed by atoms with Gasteiger partial charge in [-0.3, -0.25) is 9.13 Å². The Morgan fingerprint density at radius 3 is 2.50 bits per heavy atom. The van der Waals surface area contributed by atoms with Gasteiger partial charge < -0.3 is 10.1 Å². The molecule has 0 aliphatic rings. The maximum Gasteiger partial charge on any atom is 0.333 e. The first kappa shape index (κ1) is 18.1. The van der Waals surface area contributed by atoms with Crippen molar-refractivity contribution in [3.63, 3.8) is 0 Å². The largest absolute Gasteiger partial charge is 0.497 e. The van der Waals surface area contributed by atoms with Gasteiger partial charge in [0.05, 0.1) is 30.0 Å². The van der Waals surface area contributed by atoms with Crippen LogP contribution in [0.1, 0.15) is 5.56 Å². The van der Waals surface area contributed by atoms with Gasteiger partial charge >= 0.3 is 5.69 Å². The Labute approximate surface area is 167 Å². The van der Waals surface area contributed by atoms with Crippen molar-refractivity contribution in [1.82, 2.24) is 14.1 Å². The number of aromatic nitrogens is 3. The van der Waals surface area contributed by atoms with Crippen LogP contribution >= 0.6 is 11.6 Å². The summed E-state index contributed by atoms with van der Waals surface area (Å²) in [6.07, 6.45) is 1.70. The van der Waals surface area contributed by atoms with Gasteiger partial charge in [0.2, 0.25) is 0 Å². The van der Waals surface area contributed by atoms with E-state index in [9.17, 15) is 4.79 Å². The van der Waals surface area contributed by atoms with E-state index in [-0.39, 0.29) is 5.69 Å². The van der Waals surface area contributed by atoms with Gasteiger partial charge in [-0.1, -0.05) is 11.6 Å². The molecule has 4 aromatic rings. The first-order valence-electron chi connectivity index (χ1n) is 8.73. The average Bonchev–Trinajstić information content (AvgIpc) is 2.94. The van der Waals surface area contributed by atoms with E-state index < -0.39 is 0 Å². The molecule has 0 fully saturated rings. The molecule has 0 amide bonds. The van der Waals surface area contributed by atoms with Crippen LogP contribution in [0.25, 0.3) is 16.7 Å². The topological polar surface area (TPSA) is 61.1 Å². The summed E-state index contributed by atoms with van der Waals surface area (Å²) < 4.78 is 8.46. The zero-order valence-electron chi connectivity index (χ0n) is 15.7. The molecular formula is C21H19ClN4O2. The third-order valence-corrected chi connectivity index (χ3v) is 4.96. The molecule has 0 atom stereocenters. The Balaban J connectivity index is 1.82. The van der Waals surface area contributed by atoms with E-state index in [0.717, 1.165) is 33.7 Å². The van der Waals surface area contributed by atoms with Gasteiger partial charge in [0.1, 0.15) is 11.6 Å². The summed E-state index contributed by atoms with van der Waals surface area (Å²) in [4.78, 5) is 17.3. The number of rotatable bonds is 4. The Bertz CT molecular complexity index is 1230. The average molecular weight is 395 g/mol. The molecule has 1 N–H and O–H groups in total. The molecule has 2 aromatic carbocycles. The number of halogens is 1. The Hall–Kier alpha value is -3.25. The molecule has 0 aliphatic heterocycles. The van der Waals surface area contributed by atoms with Crippen LogP contribution in [0.5, 0.6) is 5.75 Å². The molecule has 142 valence electrons. The summed E-state index contributed by atoms with van der Waals surface area (Å²) in [6.45, 7) is 1.97. The van der Waals surface area contributed by atoms with Crippen LogP contribution in [0.3, 0.4) is 0 Å². The van der Waals surface area contributed by atoms with Crippen molar-refractivity contribution in [2.75, 3.05) is 12.4 Å². The summed E-state index contributed by atoms with van der Waals surface area (Å²) in [7, 11) is 3.35. The second-order valence-corrected chi connectivity index (χ2v) is 6.95. The number of pyridine rings is 1. The molecule has 0 saturated carbocycles. The lowest BCUT2D eigenvalue weighted by atomic mass is 10.2. The summed E-state index contributed by atoms with van der Waals surface area (Å²) in [5.41, 5.74) is 4.06. The van der Waals surface area contributed by atoms with Crippen molar-refractivity contribution in [3.05, 3.63) is 75.8 Å². The zero-order chi connectivity index (χ0) is 19.8. The number of nitrogens with one attached hydrogen (secondary N) is 1. The van der Waals surface area contributed by atoms with Gasteiger partial charge in [0.15, 0.2) is 0 Å². The fourth-order valence-electron chi connectivity index (χ4n) is 3.19. The van der Waals surface area contributed by atoms with E-state index in [1.165, 1.54) is 0 Å². The molecule has 0 bridgehead atoms. The number of anilines is 2. The maximum absolute atomic E-state index is 12.8. The highest BCUT2D eigenvalue weighted by Crippen LogP contribution is 2.25. The minimum absolute atomic E-state index is 0.137. The van der Waals surface area contributed by atoms with Crippen LogP contribution in [-0.4, -0.2) is 21.2 Å². The highest BCUT2D eigenvalue weighted by atomic mass is 35.5. The Morgan fingerprint density at radius 2 is 1.82 bits per heavy atom. The summed E-state index contributed by atoms with van der Waals surface area (Å²) in [6, 6.07) is 14.9. The molecule has 0 aliphatic carbocycles. The normalized spacial score (nSPS) is 11.0. The van der Waals surface area contributed by atoms with Gasteiger partial charge in [-0.15, -0.1) is 0 Å². The molecule has 7 heteroatoms. The molecule has 4 rings (SSSR count). The predicted octanol–water partition coefficient (Wildman–Crippen LogP) is 4.44. The number of aryl methyl sites for hydroxylation is 2. The van der Waals surface area contributed by atoms with E-state index >= 15 is 0 Å². The first-order valence-corrected chi connectivity index (χ1v) is 9.11. The number of benzene rings is 2. The van der Waals surface area contributed by atoms with Gasteiger partial charge in [0.25, 0.3) is 0 Å². The third kappa shape index (κ3) is 3.12. The lowest BCUT2D eigenvalue weighted by Gasteiger charge is -2.10. The lowest BCUT2D eigenvalue weighted by molar-refractivity contribution is 0.414.